The molecule has 1 aromatic rings. The summed E-state index contributed by atoms with van der Waals surface area (Å²) in [6.07, 6.45) is -5.23. The topological polar surface area (TPSA) is 100 Å². The van der Waals surface area contributed by atoms with Crippen LogP contribution in [-0.2, 0) is 9.53 Å². The lowest BCUT2D eigenvalue weighted by molar-refractivity contribution is -0.292. The zero-order chi connectivity index (χ0) is 19.7. The van der Waals surface area contributed by atoms with Crippen LogP contribution in [0.3, 0.4) is 0 Å². The van der Waals surface area contributed by atoms with Gasteiger partial charge in [-0.05, 0) is 36.8 Å². The number of nitrogens with one attached hydrogen (secondary N) is 2. The third-order valence-electron chi connectivity index (χ3n) is 3.91. The van der Waals surface area contributed by atoms with Gasteiger partial charge in [-0.2, -0.15) is 13.2 Å². The number of phenolic OH excluding ortho intramolecular Hbond substituents is 1. The molecule has 0 aromatic heterocycles. The molecule has 0 saturated carbocycles. The zero-order valence-corrected chi connectivity index (χ0v) is 14.6. The Hall–Kier alpha value is -2.27. The molecule has 0 amide bonds. The SMILES string of the molecule is CCOC(=O)[C@H]1[C@H](c2ccc(O)c(OC)c2)NC(=S)N[C@@]1(O)C(F)(F)F. The average Bonchev–Trinajstić information content (AvgIpc) is 2.53. The number of phenols is 1. The molecular weight excluding hydrogens is 377 g/mol. The minimum atomic E-state index is -5.23. The first-order chi connectivity index (χ1) is 12.0. The first kappa shape index (κ1) is 20.0. The Balaban J connectivity index is 2.60. The maximum Gasteiger partial charge on any atom is 0.437 e. The summed E-state index contributed by atoms with van der Waals surface area (Å²) in [5.74, 6) is -3.64. The van der Waals surface area contributed by atoms with Crippen molar-refractivity contribution in [1.29, 1.82) is 0 Å². The molecule has 7 nitrogen and oxygen atoms in total. The van der Waals surface area contributed by atoms with Crippen LogP contribution in [0.5, 0.6) is 11.5 Å². The molecule has 26 heavy (non-hydrogen) atoms. The Morgan fingerprint density at radius 1 is 1.42 bits per heavy atom. The number of methoxy groups -OCH3 is 1. The van der Waals surface area contributed by atoms with Crippen molar-refractivity contribution in [1.82, 2.24) is 10.6 Å². The molecular formula is C15H17F3N2O5S. The number of aromatic hydroxyl groups is 1. The van der Waals surface area contributed by atoms with Crippen molar-refractivity contribution in [2.45, 2.75) is 24.9 Å². The van der Waals surface area contributed by atoms with Crippen LogP contribution in [-0.4, -0.2) is 46.9 Å². The van der Waals surface area contributed by atoms with E-state index in [1.165, 1.54) is 32.2 Å². The van der Waals surface area contributed by atoms with Crippen LogP contribution >= 0.6 is 12.2 Å². The van der Waals surface area contributed by atoms with Crippen molar-refractivity contribution in [3.63, 3.8) is 0 Å². The second kappa shape index (κ2) is 7.16. The molecule has 0 radical (unpaired) electrons. The predicted octanol–water partition coefficient (Wildman–Crippen LogP) is 1.35. The fraction of sp³-hybridized carbons (Fsp3) is 0.467. The van der Waals surface area contributed by atoms with E-state index in [1.807, 2.05) is 0 Å². The van der Waals surface area contributed by atoms with Gasteiger partial charge >= 0.3 is 12.1 Å². The number of halogens is 3. The normalized spacial score (nSPS) is 25.8. The van der Waals surface area contributed by atoms with Crippen molar-refractivity contribution in [3.05, 3.63) is 23.8 Å². The van der Waals surface area contributed by atoms with Gasteiger partial charge in [0.1, 0.15) is 5.92 Å². The minimum absolute atomic E-state index is 0.0214. The largest absolute Gasteiger partial charge is 0.504 e. The molecule has 2 rings (SSSR count). The summed E-state index contributed by atoms with van der Waals surface area (Å²) in [6.45, 7) is 1.25. The number of hydrogen-bond donors (Lipinski definition) is 4. The van der Waals surface area contributed by atoms with Gasteiger partial charge in [0.15, 0.2) is 16.6 Å². The van der Waals surface area contributed by atoms with Gasteiger partial charge in [-0.1, -0.05) is 6.07 Å². The molecule has 0 bridgehead atoms. The van der Waals surface area contributed by atoms with E-state index in [9.17, 15) is 28.2 Å². The maximum atomic E-state index is 13.6. The van der Waals surface area contributed by atoms with Gasteiger partial charge in [-0.3, -0.25) is 4.79 Å². The van der Waals surface area contributed by atoms with E-state index in [0.717, 1.165) is 0 Å². The van der Waals surface area contributed by atoms with Crippen LogP contribution in [0.25, 0.3) is 0 Å². The number of ether oxygens (including phenoxy) is 2. The molecule has 1 heterocycles. The summed E-state index contributed by atoms with van der Waals surface area (Å²) in [4.78, 5) is 12.3. The number of rotatable bonds is 4. The highest BCUT2D eigenvalue weighted by molar-refractivity contribution is 7.80. The molecule has 4 N–H and O–H groups in total. The summed E-state index contributed by atoms with van der Waals surface area (Å²) >= 11 is 4.78. The molecule has 1 aromatic carbocycles. The Bertz CT molecular complexity index is 715. The summed E-state index contributed by atoms with van der Waals surface area (Å²) in [7, 11) is 1.26. The molecule has 0 unspecified atom stereocenters. The lowest BCUT2D eigenvalue weighted by Gasteiger charge is -2.45. The van der Waals surface area contributed by atoms with Crippen molar-refractivity contribution >= 4 is 23.3 Å². The fourth-order valence-corrected chi connectivity index (χ4v) is 2.98. The summed E-state index contributed by atoms with van der Waals surface area (Å²) in [6, 6.07) is 2.33. The van der Waals surface area contributed by atoms with Gasteiger partial charge in [0.2, 0.25) is 0 Å². The van der Waals surface area contributed by atoms with Crippen LogP contribution in [0.1, 0.15) is 18.5 Å². The third-order valence-corrected chi connectivity index (χ3v) is 4.13. The van der Waals surface area contributed by atoms with E-state index in [1.54, 1.807) is 5.32 Å². The molecule has 1 saturated heterocycles. The lowest BCUT2D eigenvalue weighted by atomic mass is 9.82. The highest BCUT2D eigenvalue weighted by Crippen LogP contribution is 2.44. The number of carbonyl (C=O) groups excluding carboxylic acids is 1. The molecule has 11 heteroatoms. The van der Waals surface area contributed by atoms with Crippen LogP contribution in [0.15, 0.2) is 18.2 Å². The van der Waals surface area contributed by atoms with E-state index >= 15 is 0 Å². The Kier molecular flexibility index (Phi) is 5.52. The quantitative estimate of drug-likeness (QED) is 0.449. The fourth-order valence-electron chi connectivity index (χ4n) is 2.70. The number of alkyl halides is 3. The summed E-state index contributed by atoms with van der Waals surface area (Å²) in [5, 5.41) is 23.8. The van der Waals surface area contributed by atoms with Crippen LogP contribution < -0.4 is 15.4 Å². The van der Waals surface area contributed by atoms with Crippen LogP contribution in [0.4, 0.5) is 13.2 Å². The second-order valence-corrected chi connectivity index (χ2v) is 5.91. The number of carbonyl (C=O) groups is 1. The number of thiocarbonyl (C=S) groups is 1. The van der Waals surface area contributed by atoms with Gasteiger partial charge in [-0.25, -0.2) is 0 Å². The van der Waals surface area contributed by atoms with E-state index in [-0.39, 0.29) is 23.7 Å². The van der Waals surface area contributed by atoms with E-state index in [0.29, 0.717) is 0 Å². The van der Waals surface area contributed by atoms with Crippen molar-refractivity contribution in [2.24, 2.45) is 5.92 Å². The zero-order valence-electron chi connectivity index (χ0n) is 13.8. The summed E-state index contributed by atoms with van der Waals surface area (Å²) < 4.78 is 50.4. The lowest BCUT2D eigenvalue weighted by Crippen LogP contribution is -2.73. The first-order valence-electron chi connectivity index (χ1n) is 7.46. The van der Waals surface area contributed by atoms with Crippen molar-refractivity contribution in [3.8, 4) is 11.5 Å². The Morgan fingerprint density at radius 3 is 2.62 bits per heavy atom. The molecule has 1 fully saturated rings. The Morgan fingerprint density at radius 2 is 2.08 bits per heavy atom. The first-order valence-corrected chi connectivity index (χ1v) is 7.87. The average molecular weight is 394 g/mol. The van der Waals surface area contributed by atoms with Gasteiger partial charge in [0.05, 0.1) is 19.8 Å². The van der Waals surface area contributed by atoms with E-state index in [4.69, 9.17) is 21.7 Å². The minimum Gasteiger partial charge on any atom is -0.504 e. The van der Waals surface area contributed by atoms with E-state index < -0.39 is 34.9 Å². The van der Waals surface area contributed by atoms with Gasteiger partial charge in [0, 0.05) is 0 Å². The highest BCUT2D eigenvalue weighted by atomic mass is 32.1. The standard InChI is InChI=1S/C15H17F3N2O5S/c1-3-25-12(22)10-11(7-4-5-8(21)9(6-7)24-2)19-13(26)20-14(10,23)15(16,17)18/h4-6,10-11,21,23H,3H2,1-2H3,(H2,19,20,26)/t10-,11+,14+/m1/s1. The second-order valence-electron chi connectivity index (χ2n) is 5.50. The third kappa shape index (κ3) is 3.49. The molecule has 1 aliphatic heterocycles. The number of aliphatic hydroxyl groups is 1. The maximum absolute atomic E-state index is 13.6. The molecule has 1 aliphatic rings. The monoisotopic (exact) mass is 394 g/mol. The molecule has 0 spiro atoms. The van der Waals surface area contributed by atoms with Gasteiger partial charge in [0.25, 0.3) is 5.72 Å². The molecule has 144 valence electrons. The van der Waals surface area contributed by atoms with Crippen LogP contribution in [0.2, 0.25) is 0 Å². The number of hydrogen-bond acceptors (Lipinski definition) is 6. The van der Waals surface area contributed by atoms with Crippen molar-refractivity contribution < 1.29 is 37.7 Å². The number of benzene rings is 1. The van der Waals surface area contributed by atoms with E-state index in [2.05, 4.69) is 5.32 Å². The molecule has 0 aliphatic carbocycles. The number of esters is 1. The van der Waals surface area contributed by atoms with Crippen molar-refractivity contribution in [2.75, 3.05) is 13.7 Å². The predicted molar refractivity (Wildman–Crippen MR) is 87.4 cm³/mol. The van der Waals surface area contributed by atoms with Gasteiger partial charge < -0.3 is 30.3 Å². The Labute approximate surface area is 152 Å². The highest BCUT2D eigenvalue weighted by Gasteiger charge is 2.66. The summed E-state index contributed by atoms with van der Waals surface area (Å²) in [5.41, 5.74) is -3.51. The van der Waals surface area contributed by atoms with Gasteiger partial charge in [-0.15, -0.1) is 0 Å². The molecule has 3 atom stereocenters. The smallest absolute Gasteiger partial charge is 0.437 e. The van der Waals surface area contributed by atoms with Crippen LogP contribution in [0, 0.1) is 5.92 Å².